The predicted octanol–water partition coefficient (Wildman–Crippen LogP) is 2.77. The maximum Gasteiger partial charge on any atom is 0.175 e. The monoisotopic (exact) mass is 215 g/mol. The third kappa shape index (κ3) is 1.31. The molecule has 1 aliphatic rings. The molecule has 3 heteroatoms. The van der Waals surface area contributed by atoms with Crippen molar-refractivity contribution in [3.05, 3.63) is 48.2 Å². The topological polar surface area (TPSA) is 22.0 Å². The van der Waals surface area contributed by atoms with Gasteiger partial charge in [-0.15, -0.1) is 0 Å². The molecule has 0 N–H and O–H groups in total. The molecular formula is C12H9NOS. The van der Waals surface area contributed by atoms with Crippen LogP contribution in [0.15, 0.2) is 47.6 Å². The number of nitrogens with zero attached hydrogens (tertiary/aromatic N) is 1. The Bertz CT molecular complexity index is 530. The Labute approximate surface area is 91.9 Å². The number of Topliss-reactive ketones (excluding diaryl/α,β-unsaturated/α-hetero) is 1. The maximum atomic E-state index is 11.8. The first kappa shape index (κ1) is 8.80. The largest absolute Gasteiger partial charge is 0.311 e. The van der Waals surface area contributed by atoms with Gasteiger partial charge in [0, 0.05) is 11.8 Å². The Morgan fingerprint density at radius 1 is 1.13 bits per heavy atom. The summed E-state index contributed by atoms with van der Waals surface area (Å²) in [4.78, 5) is 11.8. The standard InChI is InChI=1S/C12H9NOS/c14-11-8-15-12-6-3-7-13(12)10-5-2-1-4-9(10)11/h1-7H,8H2. The van der Waals surface area contributed by atoms with E-state index in [2.05, 4.69) is 4.57 Å². The van der Waals surface area contributed by atoms with Crippen LogP contribution < -0.4 is 0 Å². The molecule has 2 aromatic rings. The fourth-order valence-corrected chi connectivity index (χ4v) is 2.73. The van der Waals surface area contributed by atoms with E-state index in [1.165, 1.54) is 0 Å². The number of thioether (sulfide) groups is 1. The minimum absolute atomic E-state index is 0.208. The lowest BCUT2D eigenvalue weighted by atomic mass is 10.1. The van der Waals surface area contributed by atoms with E-state index in [9.17, 15) is 4.79 Å². The van der Waals surface area contributed by atoms with E-state index in [4.69, 9.17) is 0 Å². The lowest BCUT2D eigenvalue weighted by Gasteiger charge is -2.07. The Balaban J connectivity index is 2.32. The van der Waals surface area contributed by atoms with Gasteiger partial charge in [-0.3, -0.25) is 4.79 Å². The molecule has 0 bridgehead atoms. The van der Waals surface area contributed by atoms with Crippen LogP contribution >= 0.6 is 11.8 Å². The number of para-hydroxylation sites is 1. The van der Waals surface area contributed by atoms with E-state index in [1.54, 1.807) is 11.8 Å². The van der Waals surface area contributed by atoms with Gasteiger partial charge in [-0.2, -0.15) is 0 Å². The summed E-state index contributed by atoms with van der Waals surface area (Å²) in [7, 11) is 0. The first-order chi connectivity index (χ1) is 7.36. The Hall–Kier alpha value is -1.48. The predicted molar refractivity (Wildman–Crippen MR) is 60.8 cm³/mol. The quantitative estimate of drug-likeness (QED) is 0.674. The molecule has 0 saturated heterocycles. The van der Waals surface area contributed by atoms with Gasteiger partial charge in [0.25, 0.3) is 0 Å². The molecule has 0 aliphatic carbocycles. The molecule has 0 spiro atoms. The summed E-state index contributed by atoms with van der Waals surface area (Å²) >= 11 is 1.59. The van der Waals surface area contributed by atoms with Crippen molar-refractivity contribution in [2.75, 3.05) is 5.75 Å². The molecule has 1 aliphatic heterocycles. The molecule has 0 unspecified atom stereocenters. The Kier molecular flexibility index (Phi) is 1.92. The fourth-order valence-electron chi connectivity index (χ4n) is 1.82. The van der Waals surface area contributed by atoms with Crippen molar-refractivity contribution in [1.29, 1.82) is 0 Å². The van der Waals surface area contributed by atoms with Crippen LogP contribution in [0.25, 0.3) is 5.69 Å². The lowest BCUT2D eigenvalue weighted by molar-refractivity contribution is 0.102. The van der Waals surface area contributed by atoms with Crippen molar-refractivity contribution in [2.45, 2.75) is 5.03 Å². The normalized spacial score (nSPS) is 14.3. The maximum absolute atomic E-state index is 11.8. The number of benzene rings is 1. The highest BCUT2D eigenvalue weighted by molar-refractivity contribution is 8.00. The van der Waals surface area contributed by atoms with Gasteiger partial charge in [0.1, 0.15) is 0 Å². The van der Waals surface area contributed by atoms with Gasteiger partial charge >= 0.3 is 0 Å². The summed E-state index contributed by atoms with van der Waals surface area (Å²) in [6, 6.07) is 11.8. The van der Waals surface area contributed by atoms with Crippen LogP contribution in [-0.4, -0.2) is 16.1 Å². The number of fused-ring (bicyclic) bond motifs is 3. The van der Waals surface area contributed by atoms with Gasteiger partial charge in [0.15, 0.2) is 5.78 Å². The number of hydrogen-bond donors (Lipinski definition) is 0. The smallest absolute Gasteiger partial charge is 0.175 e. The molecule has 1 aromatic carbocycles. The van der Waals surface area contributed by atoms with Gasteiger partial charge in [-0.25, -0.2) is 0 Å². The molecule has 0 radical (unpaired) electrons. The summed E-state index contributed by atoms with van der Waals surface area (Å²) in [5, 5.41) is 1.13. The number of aromatic nitrogens is 1. The van der Waals surface area contributed by atoms with E-state index >= 15 is 0 Å². The van der Waals surface area contributed by atoms with Gasteiger partial charge < -0.3 is 4.57 Å². The first-order valence-electron chi connectivity index (χ1n) is 4.79. The van der Waals surface area contributed by atoms with Gasteiger partial charge in [-0.05, 0) is 24.3 Å². The third-order valence-corrected chi connectivity index (χ3v) is 3.56. The molecule has 3 rings (SSSR count). The first-order valence-corrected chi connectivity index (χ1v) is 5.77. The summed E-state index contributed by atoms with van der Waals surface area (Å²) in [5.41, 5.74) is 1.81. The van der Waals surface area contributed by atoms with Crippen LogP contribution in [0.4, 0.5) is 0 Å². The van der Waals surface area contributed by atoms with Crippen LogP contribution in [0.1, 0.15) is 10.4 Å². The Morgan fingerprint density at radius 2 is 2.00 bits per heavy atom. The van der Waals surface area contributed by atoms with Crippen LogP contribution in [0.2, 0.25) is 0 Å². The molecule has 2 heterocycles. The molecule has 74 valence electrons. The highest BCUT2D eigenvalue weighted by Gasteiger charge is 2.18. The molecule has 0 saturated carbocycles. The second kappa shape index (κ2) is 3.28. The zero-order valence-corrected chi connectivity index (χ0v) is 8.83. The van der Waals surface area contributed by atoms with Crippen molar-refractivity contribution in [2.24, 2.45) is 0 Å². The summed E-state index contributed by atoms with van der Waals surface area (Å²) in [6.07, 6.45) is 2.00. The van der Waals surface area contributed by atoms with Gasteiger partial charge in [0.05, 0.1) is 16.5 Å². The molecule has 15 heavy (non-hydrogen) atoms. The number of carbonyl (C=O) groups excluding carboxylic acids is 1. The molecule has 0 fully saturated rings. The van der Waals surface area contributed by atoms with E-state index in [0.717, 1.165) is 16.3 Å². The van der Waals surface area contributed by atoms with Crippen molar-refractivity contribution >= 4 is 17.5 Å². The van der Waals surface area contributed by atoms with Crippen molar-refractivity contribution in [3.63, 3.8) is 0 Å². The minimum atomic E-state index is 0.208. The highest BCUT2D eigenvalue weighted by atomic mass is 32.2. The number of hydrogen-bond acceptors (Lipinski definition) is 2. The van der Waals surface area contributed by atoms with Crippen molar-refractivity contribution < 1.29 is 4.79 Å². The summed E-state index contributed by atoms with van der Waals surface area (Å²) < 4.78 is 2.07. The fraction of sp³-hybridized carbons (Fsp3) is 0.0833. The van der Waals surface area contributed by atoms with Crippen molar-refractivity contribution in [3.8, 4) is 5.69 Å². The summed E-state index contributed by atoms with van der Waals surface area (Å²) in [6.45, 7) is 0. The average molecular weight is 215 g/mol. The van der Waals surface area contributed by atoms with E-state index in [-0.39, 0.29) is 5.78 Å². The van der Waals surface area contributed by atoms with Crippen LogP contribution in [0.5, 0.6) is 0 Å². The van der Waals surface area contributed by atoms with Gasteiger partial charge in [0.2, 0.25) is 0 Å². The van der Waals surface area contributed by atoms with Crippen LogP contribution in [0, 0.1) is 0 Å². The van der Waals surface area contributed by atoms with E-state index in [0.29, 0.717) is 5.75 Å². The molecule has 0 atom stereocenters. The van der Waals surface area contributed by atoms with Crippen LogP contribution in [-0.2, 0) is 0 Å². The molecule has 0 amide bonds. The minimum Gasteiger partial charge on any atom is -0.311 e. The third-order valence-electron chi connectivity index (χ3n) is 2.53. The van der Waals surface area contributed by atoms with E-state index in [1.807, 2.05) is 42.6 Å². The molecule has 2 nitrogen and oxygen atoms in total. The van der Waals surface area contributed by atoms with E-state index < -0.39 is 0 Å². The SMILES string of the molecule is O=C1CSc2cccn2-c2ccccc21. The summed E-state index contributed by atoms with van der Waals surface area (Å²) in [5.74, 6) is 0.736. The van der Waals surface area contributed by atoms with Crippen LogP contribution in [0.3, 0.4) is 0 Å². The second-order valence-electron chi connectivity index (χ2n) is 3.45. The zero-order valence-electron chi connectivity index (χ0n) is 8.01. The number of carbonyl (C=O) groups is 1. The highest BCUT2D eigenvalue weighted by Crippen LogP contribution is 2.29. The number of ketones is 1. The average Bonchev–Trinajstić information content (AvgIpc) is 2.69. The second-order valence-corrected chi connectivity index (χ2v) is 4.44. The lowest BCUT2D eigenvalue weighted by Crippen LogP contribution is -2.03. The molecule has 1 aromatic heterocycles. The van der Waals surface area contributed by atoms with Crippen molar-refractivity contribution in [1.82, 2.24) is 4.57 Å². The van der Waals surface area contributed by atoms with Gasteiger partial charge in [-0.1, -0.05) is 23.9 Å². The Morgan fingerprint density at radius 3 is 2.93 bits per heavy atom. The zero-order chi connectivity index (χ0) is 10.3. The number of rotatable bonds is 0. The molecular weight excluding hydrogens is 206 g/mol.